The molecule has 1 heterocycles. The Morgan fingerprint density at radius 1 is 1.05 bits per heavy atom. The number of fused-ring (bicyclic) bond motifs is 1. The Morgan fingerprint density at radius 2 is 1.85 bits per heavy atom. The summed E-state index contributed by atoms with van der Waals surface area (Å²) in [4.78, 5) is 12.5. The number of hydrogen-bond donors (Lipinski definition) is 2. The van der Waals surface area contributed by atoms with Crippen LogP contribution >= 0.6 is 0 Å². The van der Waals surface area contributed by atoms with E-state index in [4.69, 9.17) is 0 Å². The van der Waals surface area contributed by atoms with Gasteiger partial charge in [0.1, 0.15) is 0 Å². The summed E-state index contributed by atoms with van der Waals surface area (Å²) in [6.07, 6.45) is 10.4. The molecule has 1 aliphatic heterocycles. The fraction of sp³-hybridized carbons (Fsp3) is 0.941. The number of nitrogens with one attached hydrogen (secondary N) is 2. The van der Waals surface area contributed by atoms with Gasteiger partial charge in [0.05, 0.1) is 0 Å². The lowest BCUT2D eigenvalue weighted by Crippen LogP contribution is -2.52. The quantitative estimate of drug-likeness (QED) is 0.815. The summed E-state index contributed by atoms with van der Waals surface area (Å²) in [5.74, 6) is 3.03. The highest BCUT2D eigenvalue weighted by Crippen LogP contribution is 2.42. The maximum atomic E-state index is 12.5. The van der Waals surface area contributed by atoms with Gasteiger partial charge >= 0.3 is 0 Å². The maximum absolute atomic E-state index is 12.5. The Hall–Kier alpha value is -0.570. The monoisotopic (exact) mass is 278 g/mol. The van der Waals surface area contributed by atoms with Crippen molar-refractivity contribution in [2.75, 3.05) is 13.1 Å². The molecule has 2 N–H and O–H groups in total. The van der Waals surface area contributed by atoms with Gasteiger partial charge in [-0.05, 0) is 50.0 Å². The zero-order chi connectivity index (χ0) is 13.9. The second-order valence-corrected chi connectivity index (χ2v) is 7.40. The van der Waals surface area contributed by atoms with Gasteiger partial charge in [-0.15, -0.1) is 0 Å². The summed E-state index contributed by atoms with van der Waals surface area (Å²) in [7, 11) is 0. The van der Waals surface area contributed by atoms with Gasteiger partial charge in [0.15, 0.2) is 0 Å². The molecule has 0 aromatic carbocycles. The zero-order valence-electron chi connectivity index (χ0n) is 12.9. The van der Waals surface area contributed by atoms with Crippen LogP contribution in [0.5, 0.6) is 0 Å². The van der Waals surface area contributed by atoms with E-state index in [1.165, 1.54) is 38.5 Å². The van der Waals surface area contributed by atoms with Crippen LogP contribution in [0.25, 0.3) is 0 Å². The van der Waals surface area contributed by atoms with E-state index >= 15 is 0 Å². The second kappa shape index (κ2) is 6.46. The summed E-state index contributed by atoms with van der Waals surface area (Å²) in [5.41, 5.74) is 0. The van der Waals surface area contributed by atoms with Crippen molar-refractivity contribution in [2.45, 2.75) is 64.3 Å². The number of carbonyl (C=O) groups is 1. The molecule has 3 aliphatic rings. The standard InChI is InChI=1S/C17H30N2O/c1-12-8-9-18-11-16(12)19-17(20)15-7-6-13-4-2-3-5-14(13)10-15/h12-16,18H,2-11H2,1H3,(H,19,20). The maximum Gasteiger partial charge on any atom is 0.223 e. The van der Waals surface area contributed by atoms with E-state index in [2.05, 4.69) is 17.6 Å². The van der Waals surface area contributed by atoms with Crippen LogP contribution in [0.2, 0.25) is 0 Å². The lowest BCUT2D eigenvalue weighted by atomic mass is 9.67. The highest BCUT2D eigenvalue weighted by Gasteiger charge is 2.36. The fourth-order valence-electron chi connectivity index (χ4n) is 4.60. The summed E-state index contributed by atoms with van der Waals surface area (Å²) >= 11 is 0. The van der Waals surface area contributed by atoms with E-state index in [1.54, 1.807) is 0 Å². The van der Waals surface area contributed by atoms with E-state index in [9.17, 15) is 4.79 Å². The van der Waals surface area contributed by atoms with Crippen molar-refractivity contribution in [3.63, 3.8) is 0 Å². The lowest BCUT2D eigenvalue weighted by Gasteiger charge is -2.39. The Balaban J connectivity index is 1.52. The molecule has 3 rings (SSSR count). The predicted octanol–water partition coefficient (Wildman–Crippen LogP) is 2.71. The van der Waals surface area contributed by atoms with E-state index in [-0.39, 0.29) is 0 Å². The number of piperidine rings is 1. The number of carbonyl (C=O) groups excluding carboxylic acids is 1. The van der Waals surface area contributed by atoms with Crippen molar-refractivity contribution in [1.29, 1.82) is 0 Å². The first kappa shape index (κ1) is 14.4. The van der Waals surface area contributed by atoms with Gasteiger partial charge in [0.2, 0.25) is 5.91 Å². The Labute approximate surface area is 123 Å². The minimum Gasteiger partial charge on any atom is -0.352 e. The summed E-state index contributed by atoms with van der Waals surface area (Å²) in [6, 6.07) is 0.348. The van der Waals surface area contributed by atoms with Gasteiger partial charge in [-0.1, -0.05) is 32.6 Å². The van der Waals surface area contributed by atoms with Gasteiger partial charge in [-0.2, -0.15) is 0 Å². The molecule has 1 saturated heterocycles. The van der Waals surface area contributed by atoms with Gasteiger partial charge in [0.25, 0.3) is 0 Å². The van der Waals surface area contributed by atoms with Crippen LogP contribution in [0.1, 0.15) is 58.3 Å². The molecule has 20 heavy (non-hydrogen) atoms. The second-order valence-electron chi connectivity index (χ2n) is 7.40. The molecule has 5 unspecified atom stereocenters. The number of rotatable bonds is 2. The molecule has 2 saturated carbocycles. The SMILES string of the molecule is CC1CCNCC1NC(=O)C1CCC2CCCCC2C1. The number of amides is 1. The first-order valence-electron chi connectivity index (χ1n) is 8.75. The smallest absolute Gasteiger partial charge is 0.223 e. The minimum atomic E-state index is 0.295. The molecule has 114 valence electrons. The van der Waals surface area contributed by atoms with Crippen molar-refractivity contribution in [2.24, 2.45) is 23.7 Å². The topological polar surface area (TPSA) is 41.1 Å². The van der Waals surface area contributed by atoms with Crippen LogP contribution in [0.3, 0.4) is 0 Å². The molecule has 0 radical (unpaired) electrons. The molecular formula is C17H30N2O. The molecule has 1 amide bonds. The van der Waals surface area contributed by atoms with E-state index in [0.717, 1.165) is 37.8 Å². The fourth-order valence-corrected chi connectivity index (χ4v) is 4.60. The van der Waals surface area contributed by atoms with Crippen LogP contribution < -0.4 is 10.6 Å². The Kier molecular flexibility index (Phi) is 4.65. The lowest BCUT2D eigenvalue weighted by molar-refractivity contribution is -0.128. The van der Waals surface area contributed by atoms with Crippen molar-refractivity contribution in [1.82, 2.24) is 10.6 Å². The first-order valence-corrected chi connectivity index (χ1v) is 8.75. The van der Waals surface area contributed by atoms with Crippen molar-refractivity contribution in [3.05, 3.63) is 0 Å². The average molecular weight is 278 g/mol. The molecule has 5 atom stereocenters. The van der Waals surface area contributed by atoms with Gasteiger partial charge in [-0.25, -0.2) is 0 Å². The van der Waals surface area contributed by atoms with Gasteiger partial charge < -0.3 is 10.6 Å². The summed E-state index contributed by atoms with van der Waals surface area (Å²) in [6.45, 7) is 4.32. The third-order valence-electron chi connectivity index (χ3n) is 6.07. The number of hydrogen-bond acceptors (Lipinski definition) is 2. The molecule has 3 fully saturated rings. The van der Waals surface area contributed by atoms with Crippen LogP contribution in [0.4, 0.5) is 0 Å². The van der Waals surface area contributed by atoms with Crippen LogP contribution in [0, 0.1) is 23.7 Å². The predicted molar refractivity (Wildman–Crippen MR) is 81.4 cm³/mol. The molecule has 2 aliphatic carbocycles. The van der Waals surface area contributed by atoms with E-state index in [1.807, 2.05) is 0 Å². The highest BCUT2D eigenvalue weighted by molar-refractivity contribution is 5.79. The van der Waals surface area contributed by atoms with Crippen LogP contribution in [0.15, 0.2) is 0 Å². The van der Waals surface area contributed by atoms with Crippen molar-refractivity contribution < 1.29 is 4.79 Å². The van der Waals surface area contributed by atoms with Crippen LogP contribution in [-0.4, -0.2) is 25.0 Å². The van der Waals surface area contributed by atoms with Crippen molar-refractivity contribution in [3.8, 4) is 0 Å². The zero-order valence-corrected chi connectivity index (χ0v) is 12.9. The van der Waals surface area contributed by atoms with Crippen molar-refractivity contribution >= 4 is 5.91 Å². The molecule has 3 nitrogen and oxygen atoms in total. The Bertz CT molecular complexity index is 344. The largest absolute Gasteiger partial charge is 0.352 e. The third-order valence-corrected chi connectivity index (χ3v) is 6.07. The first-order chi connectivity index (χ1) is 9.74. The van der Waals surface area contributed by atoms with E-state index in [0.29, 0.717) is 23.8 Å². The summed E-state index contributed by atoms with van der Waals surface area (Å²) < 4.78 is 0. The van der Waals surface area contributed by atoms with Gasteiger partial charge in [-0.3, -0.25) is 4.79 Å². The average Bonchev–Trinajstić information content (AvgIpc) is 2.49. The molecule has 3 heteroatoms. The molecular weight excluding hydrogens is 248 g/mol. The Morgan fingerprint density at radius 3 is 2.65 bits per heavy atom. The molecule has 0 spiro atoms. The highest BCUT2D eigenvalue weighted by atomic mass is 16.1. The molecule has 0 bridgehead atoms. The van der Waals surface area contributed by atoms with Gasteiger partial charge in [0, 0.05) is 18.5 Å². The normalized spacial score (nSPS) is 41.8. The van der Waals surface area contributed by atoms with E-state index < -0.39 is 0 Å². The summed E-state index contributed by atoms with van der Waals surface area (Å²) in [5, 5.41) is 6.74. The molecule has 0 aromatic heterocycles. The van der Waals surface area contributed by atoms with Crippen LogP contribution in [-0.2, 0) is 4.79 Å². The third kappa shape index (κ3) is 3.19. The minimum absolute atomic E-state index is 0.295. The molecule has 0 aromatic rings.